The Morgan fingerprint density at radius 2 is 1.89 bits per heavy atom. The molecule has 5 nitrogen and oxygen atoms in total. The normalized spacial score (nSPS) is 10.1. The van der Waals surface area contributed by atoms with Gasteiger partial charge in [-0.25, -0.2) is 9.97 Å². The van der Waals surface area contributed by atoms with Gasteiger partial charge in [-0.2, -0.15) is 0 Å². The number of anilines is 2. The van der Waals surface area contributed by atoms with Crippen LogP contribution >= 0.6 is 23.2 Å². The van der Waals surface area contributed by atoms with Crippen molar-refractivity contribution in [1.29, 1.82) is 0 Å². The Hall–Kier alpha value is -1.85. The molecule has 0 bridgehead atoms. The van der Waals surface area contributed by atoms with E-state index in [1.54, 1.807) is 6.07 Å². The van der Waals surface area contributed by atoms with Gasteiger partial charge in [0, 0.05) is 18.0 Å². The molecule has 7 heteroatoms. The summed E-state index contributed by atoms with van der Waals surface area (Å²) in [5, 5.41) is 2.96. The fourth-order valence-corrected chi connectivity index (χ4v) is 1.61. The van der Waals surface area contributed by atoms with Crippen molar-refractivity contribution in [3.05, 3.63) is 46.2 Å². The van der Waals surface area contributed by atoms with E-state index in [1.807, 2.05) is 0 Å². The minimum Gasteiger partial charge on any atom is -0.397 e. The van der Waals surface area contributed by atoms with E-state index in [-0.39, 0.29) is 27.2 Å². The Morgan fingerprint density at radius 3 is 2.50 bits per heavy atom. The standard InChI is InChI=1S/C11H8Cl2N4O/c12-7-4-6(5-8(14)9(7)13)10(18)17-11-15-2-1-3-16-11/h1-5H,14H2,(H,15,16,17,18). The summed E-state index contributed by atoms with van der Waals surface area (Å²) in [5.41, 5.74) is 6.15. The van der Waals surface area contributed by atoms with E-state index in [4.69, 9.17) is 28.9 Å². The number of aromatic nitrogens is 2. The van der Waals surface area contributed by atoms with Gasteiger partial charge in [0.2, 0.25) is 5.95 Å². The van der Waals surface area contributed by atoms with Crippen molar-refractivity contribution in [3.63, 3.8) is 0 Å². The first-order valence-electron chi connectivity index (χ1n) is 4.91. The molecule has 0 aliphatic rings. The molecule has 1 amide bonds. The minimum absolute atomic E-state index is 0.201. The van der Waals surface area contributed by atoms with Crippen LogP contribution in [0.4, 0.5) is 11.6 Å². The Morgan fingerprint density at radius 1 is 1.22 bits per heavy atom. The quantitative estimate of drug-likeness (QED) is 0.830. The molecule has 1 aromatic carbocycles. The van der Waals surface area contributed by atoms with Gasteiger partial charge >= 0.3 is 0 Å². The third kappa shape index (κ3) is 2.69. The number of nitrogens with zero attached hydrogens (tertiary/aromatic N) is 2. The number of amides is 1. The number of carbonyl (C=O) groups is 1. The van der Waals surface area contributed by atoms with Crippen LogP contribution in [0, 0.1) is 0 Å². The van der Waals surface area contributed by atoms with Crippen LogP contribution in [0.3, 0.4) is 0 Å². The highest BCUT2D eigenvalue weighted by molar-refractivity contribution is 6.43. The molecule has 0 saturated carbocycles. The van der Waals surface area contributed by atoms with E-state index in [2.05, 4.69) is 15.3 Å². The summed E-state index contributed by atoms with van der Waals surface area (Å²) < 4.78 is 0. The van der Waals surface area contributed by atoms with Crippen LogP contribution in [0.25, 0.3) is 0 Å². The van der Waals surface area contributed by atoms with Gasteiger partial charge < -0.3 is 5.73 Å². The molecule has 2 aromatic rings. The fourth-order valence-electron chi connectivity index (χ4n) is 1.28. The van der Waals surface area contributed by atoms with Crippen molar-refractivity contribution >= 4 is 40.7 Å². The fraction of sp³-hybridized carbons (Fsp3) is 0. The number of benzene rings is 1. The maximum absolute atomic E-state index is 11.9. The largest absolute Gasteiger partial charge is 0.397 e. The first-order valence-corrected chi connectivity index (χ1v) is 5.66. The van der Waals surface area contributed by atoms with Crippen LogP contribution < -0.4 is 11.1 Å². The maximum atomic E-state index is 11.9. The smallest absolute Gasteiger partial charge is 0.258 e. The molecule has 92 valence electrons. The summed E-state index contributed by atoms with van der Waals surface area (Å²) >= 11 is 11.6. The highest BCUT2D eigenvalue weighted by atomic mass is 35.5. The van der Waals surface area contributed by atoms with Crippen LogP contribution in [0.15, 0.2) is 30.6 Å². The van der Waals surface area contributed by atoms with E-state index in [0.29, 0.717) is 0 Å². The van der Waals surface area contributed by atoms with Gasteiger partial charge in [0.1, 0.15) is 0 Å². The Kier molecular flexibility index (Phi) is 3.64. The van der Waals surface area contributed by atoms with Crippen LogP contribution in [-0.2, 0) is 0 Å². The lowest BCUT2D eigenvalue weighted by Crippen LogP contribution is -2.14. The van der Waals surface area contributed by atoms with E-state index in [1.165, 1.54) is 24.5 Å². The van der Waals surface area contributed by atoms with Gasteiger partial charge in [0.05, 0.1) is 15.7 Å². The Labute approximate surface area is 113 Å². The predicted molar refractivity (Wildman–Crippen MR) is 70.9 cm³/mol. The molecule has 0 spiro atoms. The maximum Gasteiger partial charge on any atom is 0.258 e. The van der Waals surface area contributed by atoms with Crippen molar-refractivity contribution in [3.8, 4) is 0 Å². The molecule has 0 fully saturated rings. The summed E-state index contributed by atoms with van der Waals surface area (Å²) in [6, 6.07) is 4.51. The molecule has 0 aliphatic heterocycles. The second kappa shape index (κ2) is 5.20. The molecule has 0 aliphatic carbocycles. The van der Waals surface area contributed by atoms with Crippen molar-refractivity contribution in [1.82, 2.24) is 9.97 Å². The summed E-state index contributed by atoms with van der Waals surface area (Å²) in [7, 11) is 0. The van der Waals surface area contributed by atoms with Crippen molar-refractivity contribution < 1.29 is 4.79 Å². The Balaban J connectivity index is 2.25. The molecule has 0 radical (unpaired) electrons. The van der Waals surface area contributed by atoms with E-state index in [0.717, 1.165) is 0 Å². The van der Waals surface area contributed by atoms with Gasteiger partial charge in [-0.05, 0) is 18.2 Å². The molecule has 2 rings (SSSR count). The number of halogens is 2. The predicted octanol–water partition coefficient (Wildman–Crippen LogP) is 2.62. The van der Waals surface area contributed by atoms with E-state index in [9.17, 15) is 4.79 Å². The number of rotatable bonds is 2. The SMILES string of the molecule is Nc1cc(C(=O)Nc2ncccn2)cc(Cl)c1Cl. The lowest BCUT2D eigenvalue weighted by Gasteiger charge is -2.06. The topological polar surface area (TPSA) is 80.9 Å². The van der Waals surface area contributed by atoms with Crippen molar-refractivity contribution in [2.45, 2.75) is 0 Å². The van der Waals surface area contributed by atoms with Crippen LogP contribution in [0.2, 0.25) is 10.0 Å². The van der Waals surface area contributed by atoms with Gasteiger partial charge in [-0.3, -0.25) is 10.1 Å². The second-order valence-corrected chi connectivity index (χ2v) is 4.17. The number of carbonyl (C=O) groups excluding carboxylic acids is 1. The molecule has 1 aromatic heterocycles. The summed E-state index contributed by atoms with van der Waals surface area (Å²) in [5.74, 6) is -0.210. The third-order valence-corrected chi connectivity index (χ3v) is 2.93. The average molecular weight is 283 g/mol. The van der Waals surface area contributed by atoms with E-state index >= 15 is 0 Å². The number of hydrogen-bond acceptors (Lipinski definition) is 4. The summed E-state index contributed by atoms with van der Waals surface area (Å²) in [4.78, 5) is 19.6. The van der Waals surface area contributed by atoms with Gasteiger partial charge in [-0.1, -0.05) is 23.2 Å². The number of nitrogen functional groups attached to an aromatic ring is 1. The van der Waals surface area contributed by atoms with Crippen LogP contribution in [-0.4, -0.2) is 15.9 Å². The minimum atomic E-state index is -0.411. The highest BCUT2D eigenvalue weighted by Crippen LogP contribution is 2.29. The van der Waals surface area contributed by atoms with Gasteiger partial charge in [0.15, 0.2) is 0 Å². The van der Waals surface area contributed by atoms with Crippen LogP contribution in [0.1, 0.15) is 10.4 Å². The number of nitrogens with two attached hydrogens (primary N) is 1. The summed E-state index contributed by atoms with van der Waals surface area (Å²) in [6.07, 6.45) is 3.04. The second-order valence-electron chi connectivity index (χ2n) is 3.39. The van der Waals surface area contributed by atoms with Gasteiger partial charge in [0.25, 0.3) is 5.91 Å². The zero-order valence-corrected chi connectivity index (χ0v) is 10.5. The van der Waals surface area contributed by atoms with Crippen molar-refractivity contribution in [2.24, 2.45) is 0 Å². The average Bonchev–Trinajstić information content (AvgIpc) is 2.36. The van der Waals surface area contributed by atoms with Crippen molar-refractivity contribution in [2.75, 3.05) is 11.1 Å². The molecule has 1 heterocycles. The van der Waals surface area contributed by atoms with E-state index < -0.39 is 5.91 Å². The molecule has 0 unspecified atom stereocenters. The third-order valence-electron chi connectivity index (χ3n) is 2.11. The summed E-state index contributed by atoms with van der Waals surface area (Å²) in [6.45, 7) is 0. The van der Waals surface area contributed by atoms with Crippen LogP contribution in [0.5, 0.6) is 0 Å². The molecular formula is C11H8Cl2N4O. The zero-order valence-electron chi connectivity index (χ0n) is 9.02. The zero-order chi connectivity index (χ0) is 13.1. The number of hydrogen-bond donors (Lipinski definition) is 2. The van der Waals surface area contributed by atoms with Gasteiger partial charge in [-0.15, -0.1) is 0 Å². The monoisotopic (exact) mass is 282 g/mol. The Bertz CT molecular complexity index is 566. The first-order chi connectivity index (χ1) is 8.58. The molecule has 18 heavy (non-hydrogen) atoms. The lowest BCUT2D eigenvalue weighted by atomic mass is 10.2. The highest BCUT2D eigenvalue weighted by Gasteiger charge is 2.12. The lowest BCUT2D eigenvalue weighted by molar-refractivity contribution is 0.102. The molecule has 0 saturated heterocycles. The first kappa shape index (κ1) is 12.6. The molecular weight excluding hydrogens is 275 g/mol. The molecule has 0 atom stereocenters. The number of nitrogens with one attached hydrogen (secondary N) is 1. The molecule has 3 N–H and O–H groups in total.